The van der Waals surface area contributed by atoms with Crippen molar-refractivity contribution in [3.63, 3.8) is 0 Å². The molecule has 3 rings (SSSR count). The number of esters is 1. The molecule has 116 valence electrons. The van der Waals surface area contributed by atoms with Crippen molar-refractivity contribution in [1.29, 1.82) is 0 Å². The van der Waals surface area contributed by atoms with E-state index in [4.69, 9.17) is 0 Å². The summed E-state index contributed by atoms with van der Waals surface area (Å²) < 4.78 is 31.5. The van der Waals surface area contributed by atoms with Gasteiger partial charge in [-0.3, -0.25) is 0 Å². The summed E-state index contributed by atoms with van der Waals surface area (Å²) in [4.78, 5) is 11.8. The highest BCUT2D eigenvalue weighted by molar-refractivity contribution is 7.89. The molecule has 0 amide bonds. The van der Waals surface area contributed by atoms with Gasteiger partial charge in [-0.15, -0.1) is 11.3 Å². The predicted octanol–water partition coefficient (Wildman–Crippen LogP) is 0.926. The maximum atomic E-state index is 12.7. The minimum Gasteiger partial charge on any atom is -0.465 e. The molecule has 0 spiro atoms. The molecule has 1 aliphatic carbocycles. The molecule has 8 heteroatoms. The molecule has 1 saturated heterocycles. The van der Waals surface area contributed by atoms with Crippen LogP contribution in [0.5, 0.6) is 0 Å². The fourth-order valence-corrected chi connectivity index (χ4v) is 6.12. The van der Waals surface area contributed by atoms with E-state index in [1.54, 1.807) is 5.38 Å². The number of thiophene rings is 1. The van der Waals surface area contributed by atoms with Gasteiger partial charge in [0.25, 0.3) is 0 Å². The van der Waals surface area contributed by atoms with E-state index in [1.165, 1.54) is 17.5 Å². The fraction of sp³-hybridized carbons (Fsp3) is 0.615. The molecule has 3 unspecified atom stereocenters. The number of fused-ring (bicyclic) bond motifs is 1. The summed E-state index contributed by atoms with van der Waals surface area (Å²) in [6, 6.07) is 1.44. The van der Waals surface area contributed by atoms with Gasteiger partial charge < -0.3 is 9.84 Å². The lowest BCUT2D eigenvalue weighted by molar-refractivity contribution is 0.0602. The van der Waals surface area contributed by atoms with Crippen LogP contribution in [-0.2, 0) is 14.8 Å². The van der Waals surface area contributed by atoms with Gasteiger partial charge in [0.15, 0.2) is 0 Å². The Hall–Kier alpha value is -0.960. The quantitative estimate of drug-likeness (QED) is 0.833. The molecule has 0 aromatic carbocycles. The number of ether oxygens (including phenoxy) is 1. The van der Waals surface area contributed by atoms with Crippen molar-refractivity contribution in [2.24, 2.45) is 11.8 Å². The Morgan fingerprint density at radius 3 is 2.86 bits per heavy atom. The van der Waals surface area contributed by atoms with Crippen LogP contribution in [0.2, 0.25) is 0 Å². The van der Waals surface area contributed by atoms with E-state index < -0.39 is 22.1 Å². The number of hydrogen-bond donors (Lipinski definition) is 1. The molecule has 21 heavy (non-hydrogen) atoms. The van der Waals surface area contributed by atoms with Crippen molar-refractivity contribution in [3.05, 3.63) is 16.3 Å². The van der Waals surface area contributed by atoms with Crippen LogP contribution in [0.15, 0.2) is 16.3 Å². The smallest absolute Gasteiger partial charge is 0.349 e. The van der Waals surface area contributed by atoms with Crippen LogP contribution in [0.1, 0.15) is 22.5 Å². The van der Waals surface area contributed by atoms with Crippen molar-refractivity contribution in [2.75, 3.05) is 20.2 Å². The molecule has 2 heterocycles. The zero-order chi connectivity index (χ0) is 15.2. The van der Waals surface area contributed by atoms with Crippen LogP contribution in [0.25, 0.3) is 0 Å². The highest BCUT2D eigenvalue weighted by atomic mass is 32.2. The molecule has 0 bridgehead atoms. The largest absolute Gasteiger partial charge is 0.465 e. The molecule has 2 fully saturated rings. The van der Waals surface area contributed by atoms with Gasteiger partial charge in [-0.25, -0.2) is 13.2 Å². The Labute approximate surface area is 127 Å². The minimum absolute atomic E-state index is 0.00816. The number of methoxy groups -OCH3 is 1. The first kappa shape index (κ1) is 15.0. The van der Waals surface area contributed by atoms with Crippen molar-refractivity contribution in [1.82, 2.24) is 4.31 Å². The Kier molecular flexibility index (Phi) is 3.81. The Bertz CT molecular complexity index is 653. The zero-order valence-electron chi connectivity index (χ0n) is 11.6. The summed E-state index contributed by atoms with van der Waals surface area (Å²) in [5, 5.41) is 11.5. The summed E-state index contributed by atoms with van der Waals surface area (Å²) in [7, 11) is -2.48. The maximum absolute atomic E-state index is 12.7. The zero-order valence-corrected chi connectivity index (χ0v) is 13.2. The first-order valence-corrected chi connectivity index (χ1v) is 9.11. The minimum atomic E-state index is -3.71. The molecule has 0 radical (unpaired) electrons. The van der Waals surface area contributed by atoms with Gasteiger partial charge >= 0.3 is 5.97 Å². The van der Waals surface area contributed by atoms with Crippen molar-refractivity contribution in [3.8, 4) is 0 Å². The van der Waals surface area contributed by atoms with E-state index >= 15 is 0 Å². The number of sulfonamides is 1. The number of aliphatic hydroxyl groups excluding tert-OH is 1. The Balaban J connectivity index is 1.89. The van der Waals surface area contributed by atoms with Gasteiger partial charge in [-0.1, -0.05) is 0 Å². The average molecular weight is 331 g/mol. The lowest BCUT2D eigenvalue weighted by Gasteiger charge is -2.18. The molecule has 1 saturated carbocycles. The number of aliphatic hydroxyl groups is 1. The summed E-state index contributed by atoms with van der Waals surface area (Å²) >= 11 is 1.06. The number of rotatable bonds is 3. The van der Waals surface area contributed by atoms with Crippen molar-refractivity contribution < 1.29 is 23.1 Å². The topological polar surface area (TPSA) is 83.9 Å². The highest BCUT2D eigenvalue weighted by Gasteiger charge is 2.46. The third kappa shape index (κ3) is 2.40. The van der Waals surface area contributed by atoms with Crippen molar-refractivity contribution >= 4 is 27.3 Å². The lowest BCUT2D eigenvalue weighted by Crippen LogP contribution is -2.31. The first-order chi connectivity index (χ1) is 9.95. The predicted molar refractivity (Wildman–Crippen MR) is 76.6 cm³/mol. The van der Waals surface area contributed by atoms with Crippen LogP contribution in [0, 0.1) is 11.8 Å². The second-order valence-corrected chi connectivity index (χ2v) is 8.32. The van der Waals surface area contributed by atoms with Crippen LogP contribution in [0.3, 0.4) is 0 Å². The Morgan fingerprint density at radius 1 is 1.43 bits per heavy atom. The van der Waals surface area contributed by atoms with E-state index in [0.29, 0.717) is 13.1 Å². The van der Waals surface area contributed by atoms with E-state index in [-0.39, 0.29) is 21.6 Å². The van der Waals surface area contributed by atoms with E-state index in [9.17, 15) is 18.3 Å². The highest BCUT2D eigenvalue weighted by Crippen LogP contribution is 2.40. The number of carbonyl (C=O) groups is 1. The first-order valence-electron chi connectivity index (χ1n) is 6.79. The summed E-state index contributed by atoms with van der Waals surface area (Å²) in [5.74, 6) is -0.405. The normalized spacial score (nSPS) is 29.5. The van der Waals surface area contributed by atoms with E-state index in [2.05, 4.69) is 4.74 Å². The molecule has 2 aliphatic rings. The monoisotopic (exact) mass is 331 g/mol. The molecule has 1 aliphatic heterocycles. The van der Waals surface area contributed by atoms with Gasteiger partial charge in [0, 0.05) is 19.0 Å². The van der Waals surface area contributed by atoms with Gasteiger partial charge in [-0.05, 0) is 30.2 Å². The second kappa shape index (κ2) is 5.35. The SMILES string of the molecule is COC(=O)c1sccc1S(=O)(=O)N1CC2CCC(O)C2C1. The molecular weight excluding hydrogens is 314 g/mol. The summed E-state index contributed by atoms with van der Waals surface area (Å²) in [6.07, 6.45) is 1.18. The maximum Gasteiger partial charge on any atom is 0.349 e. The third-order valence-electron chi connectivity index (χ3n) is 4.40. The third-order valence-corrected chi connectivity index (χ3v) is 7.30. The van der Waals surface area contributed by atoms with Crippen LogP contribution < -0.4 is 0 Å². The molecule has 6 nitrogen and oxygen atoms in total. The Morgan fingerprint density at radius 2 is 2.19 bits per heavy atom. The average Bonchev–Trinajstić information content (AvgIpc) is 3.14. The molecule has 1 N–H and O–H groups in total. The number of nitrogens with zero attached hydrogens (tertiary/aromatic N) is 1. The molecular formula is C13H17NO5S2. The molecule has 3 atom stereocenters. The van der Waals surface area contributed by atoms with Crippen LogP contribution in [0.4, 0.5) is 0 Å². The summed E-state index contributed by atoms with van der Waals surface area (Å²) in [5.41, 5.74) is 0. The fourth-order valence-electron chi connectivity index (χ4n) is 3.27. The van der Waals surface area contributed by atoms with Gasteiger partial charge in [0.2, 0.25) is 10.0 Å². The van der Waals surface area contributed by atoms with Crippen LogP contribution >= 0.6 is 11.3 Å². The number of hydrogen-bond acceptors (Lipinski definition) is 6. The van der Waals surface area contributed by atoms with Gasteiger partial charge in [0.1, 0.15) is 9.77 Å². The standard InChI is InChI=1S/C13H17NO5S2/c1-19-13(16)12-11(4-5-20-12)21(17,18)14-6-8-2-3-10(15)9(8)7-14/h4-5,8-10,15H,2-3,6-7H2,1H3. The van der Waals surface area contributed by atoms with E-state index in [0.717, 1.165) is 24.2 Å². The summed E-state index contributed by atoms with van der Waals surface area (Å²) in [6.45, 7) is 0.741. The van der Waals surface area contributed by atoms with Gasteiger partial charge in [-0.2, -0.15) is 4.31 Å². The molecule has 1 aromatic rings. The van der Waals surface area contributed by atoms with Crippen molar-refractivity contribution in [2.45, 2.75) is 23.8 Å². The number of carbonyl (C=O) groups excluding carboxylic acids is 1. The molecule has 1 aromatic heterocycles. The lowest BCUT2D eigenvalue weighted by atomic mass is 10.00. The van der Waals surface area contributed by atoms with Crippen LogP contribution in [-0.4, -0.2) is 50.1 Å². The van der Waals surface area contributed by atoms with Gasteiger partial charge in [0.05, 0.1) is 13.2 Å². The van der Waals surface area contributed by atoms with E-state index in [1.807, 2.05) is 0 Å². The second-order valence-electron chi connectivity index (χ2n) is 5.50.